The third kappa shape index (κ3) is 3.29. The second-order valence-electron chi connectivity index (χ2n) is 5.88. The van der Waals surface area contributed by atoms with E-state index >= 15 is 0 Å². The van der Waals surface area contributed by atoms with Crippen molar-refractivity contribution in [2.45, 2.75) is 40.2 Å². The van der Waals surface area contributed by atoms with Crippen LogP contribution in [0.4, 0.5) is 20.2 Å². The molecule has 0 amide bonds. The van der Waals surface area contributed by atoms with Crippen LogP contribution in [0.1, 0.15) is 32.8 Å². The first-order valence-corrected chi connectivity index (χ1v) is 7.75. The molecule has 0 aromatic heterocycles. The average Bonchev–Trinajstić information content (AvgIpc) is 2.50. The number of nitrogens with zero attached hydrogens (tertiary/aromatic N) is 1. The van der Waals surface area contributed by atoms with Crippen LogP contribution in [0.25, 0.3) is 0 Å². The van der Waals surface area contributed by atoms with E-state index in [1.54, 1.807) is 0 Å². The van der Waals surface area contributed by atoms with Crippen LogP contribution in [0, 0.1) is 24.5 Å². The van der Waals surface area contributed by atoms with Crippen molar-refractivity contribution < 1.29 is 8.78 Å². The highest BCUT2D eigenvalue weighted by Crippen LogP contribution is 2.35. The molecule has 118 valence electrons. The molecule has 1 unspecified atom stereocenters. The molecule has 1 nitrogen and oxygen atoms in total. The number of rotatable bonds is 5. The fraction of sp³-hybridized carbons (Fsp3) is 0.368. The Morgan fingerprint density at radius 2 is 1.68 bits per heavy atom. The summed E-state index contributed by atoms with van der Waals surface area (Å²) in [6.07, 6.45) is 0.992. The van der Waals surface area contributed by atoms with E-state index in [1.165, 1.54) is 12.1 Å². The highest BCUT2D eigenvalue weighted by molar-refractivity contribution is 5.67. The van der Waals surface area contributed by atoms with Crippen LogP contribution >= 0.6 is 0 Å². The average molecular weight is 303 g/mol. The molecule has 0 fully saturated rings. The van der Waals surface area contributed by atoms with Gasteiger partial charge in [0.15, 0.2) is 0 Å². The first-order chi connectivity index (χ1) is 10.5. The second-order valence-corrected chi connectivity index (χ2v) is 5.88. The fourth-order valence-corrected chi connectivity index (χ4v) is 2.67. The number of hydrogen-bond donors (Lipinski definition) is 0. The quantitative estimate of drug-likeness (QED) is 0.670. The maximum atomic E-state index is 14.4. The Hall–Kier alpha value is -1.90. The van der Waals surface area contributed by atoms with E-state index in [0.717, 1.165) is 23.7 Å². The largest absolute Gasteiger partial charge is 0.336 e. The number of hydrogen-bond acceptors (Lipinski definition) is 1. The number of para-hydroxylation sites is 1. The molecule has 0 aliphatic heterocycles. The van der Waals surface area contributed by atoms with E-state index in [9.17, 15) is 8.78 Å². The number of halogens is 2. The third-order valence-corrected chi connectivity index (χ3v) is 4.42. The summed E-state index contributed by atoms with van der Waals surface area (Å²) in [7, 11) is 0. The molecule has 0 heterocycles. The zero-order valence-corrected chi connectivity index (χ0v) is 13.6. The lowest BCUT2D eigenvalue weighted by Crippen LogP contribution is -2.34. The van der Waals surface area contributed by atoms with Gasteiger partial charge in [0.25, 0.3) is 0 Å². The van der Waals surface area contributed by atoms with Crippen LogP contribution in [0.15, 0.2) is 42.5 Å². The summed E-state index contributed by atoms with van der Waals surface area (Å²) in [6, 6.07) is 11.8. The van der Waals surface area contributed by atoms with Gasteiger partial charge in [-0.25, -0.2) is 8.78 Å². The minimum atomic E-state index is -0.554. The summed E-state index contributed by atoms with van der Waals surface area (Å²) < 4.78 is 27.6. The lowest BCUT2D eigenvalue weighted by atomic mass is 9.97. The summed E-state index contributed by atoms with van der Waals surface area (Å²) in [5, 5.41) is 0. The van der Waals surface area contributed by atoms with E-state index in [2.05, 4.69) is 20.8 Å². The Labute approximate surface area is 131 Å². The van der Waals surface area contributed by atoms with Crippen molar-refractivity contribution in [2.75, 3.05) is 4.90 Å². The normalized spacial score (nSPS) is 13.7. The molecule has 0 saturated carbocycles. The Balaban J connectivity index is 2.57. The first kappa shape index (κ1) is 16.5. The highest BCUT2D eigenvalue weighted by Gasteiger charge is 2.24. The van der Waals surface area contributed by atoms with Crippen molar-refractivity contribution in [2.24, 2.45) is 5.92 Å². The van der Waals surface area contributed by atoms with Crippen LogP contribution in [0.2, 0.25) is 0 Å². The number of anilines is 2. The molecule has 0 aliphatic carbocycles. The fourth-order valence-electron chi connectivity index (χ4n) is 2.67. The minimum absolute atomic E-state index is 0.103. The molecule has 0 bridgehead atoms. The van der Waals surface area contributed by atoms with Crippen molar-refractivity contribution in [3.05, 3.63) is 59.7 Å². The van der Waals surface area contributed by atoms with Crippen LogP contribution in [0.5, 0.6) is 0 Å². The SMILES string of the molecule is CC[C@@H](C)C(C)N(c1ccccc1C)c1ccc(F)cc1F. The van der Waals surface area contributed by atoms with Gasteiger partial charge in [-0.15, -0.1) is 0 Å². The van der Waals surface area contributed by atoms with Gasteiger partial charge in [-0.1, -0.05) is 38.5 Å². The Morgan fingerprint density at radius 1 is 1.00 bits per heavy atom. The van der Waals surface area contributed by atoms with E-state index in [4.69, 9.17) is 0 Å². The van der Waals surface area contributed by atoms with Gasteiger partial charge in [0.2, 0.25) is 0 Å². The highest BCUT2D eigenvalue weighted by atomic mass is 19.1. The molecule has 0 spiro atoms. The van der Waals surface area contributed by atoms with Crippen LogP contribution in [0.3, 0.4) is 0 Å². The maximum absolute atomic E-state index is 14.4. The van der Waals surface area contributed by atoms with Crippen molar-refractivity contribution in [1.82, 2.24) is 0 Å². The van der Waals surface area contributed by atoms with Gasteiger partial charge in [-0.2, -0.15) is 0 Å². The Kier molecular flexibility index (Phi) is 5.17. The Morgan fingerprint density at radius 3 is 2.27 bits per heavy atom. The molecule has 22 heavy (non-hydrogen) atoms. The molecule has 0 N–H and O–H groups in total. The van der Waals surface area contributed by atoms with Gasteiger partial charge in [-0.05, 0) is 43.5 Å². The van der Waals surface area contributed by atoms with Gasteiger partial charge in [0.1, 0.15) is 11.6 Å². The van der Waals surface area contributed by atoms with Crippen LogP contribution in [-0.4, -0.2) is 6.04 Å². The van der Waals surface area contributed by atoms with Crippen LogP contribution in [-0.2, 0) is 0 Å². The lowest BCUT2D eigenvalue weighted by molar-refractivity contribution is 0.458. The van der Waals surface area contributed by atoms with Crippen molar-refractivity contribution in [1.29, 1.82) is 0 Å². The number of aryl methyl sites for hydroxylation is 1. The predicted molar refractivity (Wildman–Crippen MR) is 88.6 cm³/mol. The predicted octanol–water partition coefficient (Wildman–Crippen LogP) is 5.85. The molecule has 2 atom stereocenters. The van der Waals surface area contributed by atoms with Crippen molar-refractivity contribution in [3.8, 4) is 0 Å². The van der Waals surface area contributed by atoms with Crippen molar-refractivity contribution in [3.63, 3.8) is 0 Å². The molecule has 0 radical (unpaired) electrons. The van der Waals surface area contributed by atoms with E-state index < -0.39 is 11.6 Å². The summed E-state index contributed by atoms with van der Waals surface area (Å²) >= 11 is 0. The topological polar surface area (TPSA) is 3.24 Å². The standard InChI is InChI=1S/C19H23F2N/c1-5-13(2)15(4)22(18-9-7-6-8-14(18)3)19-11-10-16(20)12-17(19)21/h6-13,15H,5H2,1-4H3/t13-,15?/m1/s1. The van der Waals surface area contributed by atoms with E-state index in [-0.39, 0.29) is 6.04 Å². The summed E-state index contributed by atoms with van der Waals surface area (Å²) in [4.78, 5) is 1.98. The second kappa shape index (κ2) is 6.91. The van der Waals surface area contributed by atoms with E-state index in [0.29, 0.717) is 11.6 Å². The molecule has 0 saturated heterocycles. The maximum Gasteiger partial charge on any atom is 0.149 e. The molecular formula is C19H23F2N. The van der Waals surface area contributed by atoms with Gasteiger partial charge in [0, 0.05) is 17.8 Å². The van der Waals surface area contributed by atoms with Gasteiger partial charge < -0.3 is 4.90 Å². The monoisotopic (exact) mass is 303 g/mol. The summed E-state index contributed by atoms with van der Waals surface area (Å²) in [6.45, 7) is 8.37. The Bertz CT molecular complexity index is 639. The molecule has 0 aliphatic rings. The first-order valence-electron chi connectivity index (χ1n) is 7.75. The molecule has 2 aromatic rings. The van der Waals surface area contributed by atoms with E-state index in [1.807, 2.05) is 36.1 Å². The van der Waals surface area contributed by atoms with Gasteiger partial charge >= 0.3 is 0 Å². The zero-order chi connectivity index (χ0) is 16.3. The summed E-state index contributed by atoms with van der Waals surface area (Å²) in [5.74, 6) is -0.704. The molecule has 2 aromatic carbocycles. The molecule has 2 rings (SSSR count). The molecule has 3 heteroatoms. The van der Waals surface area contributed by atoms with Gasteiger partial charge in [0.05, 0.1) is 5.69 Å². The number of benzene rings is 2. The molecular weight excluding hydrogens is 280 g/mol. The van der Waals surface area contributed by atoms with Crippen LogP contribution < -0.4 is 4.90 Å². The zero-order valence-electron chi connectivity index (χ0n) is 13.6. The lowest BCUT2D eigenvalue weighted by Gasteiger charge is -2.36. The third-order valence-electron chi connectivity index (χ3n) is 4.42. The smallest absolute Gasteiger partial charge is 0.149 e. The van der Waals surface area contributed by atoms with Gasteiger partial charge in [-0.3, -0.25) is 0 Å². The minimum Gasteiger partial charge on any atom is -0.336 e. The summed E-state index contributed by atoms with van der Waals surface area (Å²) in [5.41, 5.74) is 2.45. The van der Waals surface area contributed by atoms with Crippen molar-refractivity contribution >= 4 is 11.4 Å².